The highest BCUT2D eigenvalue weighted by Crippen LogP contribution is 2.50. The molecule has 0 amide bonds. The minimum atomic E-state index is 0.0244. The van der Waals surface area contributed by atoms with Gasteiger partial charge in [-0.05, 0) is 124 Å². The Hall–Kier alpha value is -5.48. The third-order valence-corrected chi connectivity index (χ3v) is 11.8. The van der Waals surface area contributed by atoms with E-state index >= 15 is 0 Å². The first-order valence-corrected chi connectivity index (χ1v) is 19.3. The van der Waals surface area contributed by atoms with Crippen molar-refractivity contribution < 1.29 is 0 Å². The largest absolute Gasteiger partial charge is 0.334 e. The van der Waals surface area contributed by atoms with Gasteiger partial charge in [-0.25, -0.2) is 0 Å². The van der Waals surface area contributed by atoms with E-state index in [-0.39, 0.29) is 18.7 Å². The van der Waals surface area contributed by atoms with Crippen molar-refractivity contribution in [1.82, 2.24) is 0 Å². The Morgan fingerprint density at radius 3 is 1.64 bits per heavy atom. The van der Waals surface area contributed by atoms with Gasteiger partial charge in [0.2, 0.25) is 0 Å². The number of hydrogen-bond donors (Lipinski definition) is 0. The van der Waals surface area contributed by atoms with E-state index in [1.165, 1.54) is 89.7 Å². The van der Waals surface area contributed by atoms with Gasteiger partial charge in [-0.1, -0.05) is 114 Å². The van der Waals surface area contributed by atoms with Gasteiger partial charge in [0, 0.05) is 51.4 Å². The van der Waals surface area contributed by atoms with Gasteiger partial charge in [-0.2, -0.15) is 0 Å². The first-order valence-electron chi connectivity index (χ1n) is 19.3. The first kappa shape index (κ1) is 33.4. The number of allylic oxidation sites excluding steroid dienone is 4. The Bertz CT molecular complexity index is 2320. The highest BCUT2D eigenvalue weighted by atomic mass is 15.2. The van der Waals surface area contributed by atoms with Crippen LogP contribution in [0.4, 0.5) is 28.4 Å². The van der Waals surface area contributed by atoms with E-state index in [9.17, 15) is 0 Å². The molecule has 9 rings (SSSR count). The lowest BCUT2D eigenvalue weighted by Crippen LogP contribution is -2.60. The van der Waals surface area contributed by atoms with Crippen LogP contribution in [0.15, 0.2) is 156 Å². The number of rotatable bonds is 5. The fraction of sp³-hybridized carbons (Fsp3) is 0.224. The van der Waals surface area contributed by atoms with Gasteiger partial charge in [-0.15, -0.1) is 0 Å². The van der Waals surface area contributed by atoms with E-state index in [1.54, 1.807) is 0 Å². The lowest BCUT2D eigenvalue weighted by atomic mass is 9.31. The maximum atomic E-state index is 2.64. The Labute approximate surface area is 316 Å². The molecule has 0 bridgehead atoms. The van der Waals surface area contributed by atoms with E-state index in [2.05, 4.69) is 197 Å². The summed E-state index contributed by atoms with van der Waals surface area (Å²) in [6, 6.07) is 41.6. The van der Waals surface area contributed by atoms with Gasteiger partial charge >= 0.3 is 0 Å². The molecule has 2 aliphatic carbocycles. The summed E-state index contributed by atoms with van der Waals surface area (Å²) in [5.74, 6) is 0.673. The van der Waals surface area contributed by atoms with E-state index in [4.69, 9.17) is 0 Å². The van der Waals surface area contributed by atoms with Crippen molar-refractivity contribution in [3.05, 3.63) is 184 Å². The highest BCUT2D eigenvalue weighted by molar-refractivity contribution is 6.94. The molecule has 3 nitrogen and oxygen atoms in total. The third-order valence-electron chi connectivity index (χ3n) is 11.8. The molecule has 2 heterocycles. The molecule has 5 aromatic carbocycles. The highest BCUT2D eigenvalue weighted by Gasteiger charge is 2.50. The molecule has 5 aromatic rings. The van der Waals surface area contributed by atoms with Crippen LogP contribution in [-0.2, 0) is 0 Å². The van der Waals surface area contributed by atoms with Gasteiger partial charge in [0.1, 0.15) is 0 Å². The van der Waals surface area contributed by atoms with Crippen molar-refractivity contribution in [2.75, 3.05) is 14.7 Å². The maximum Gasteiger partial charge on any atom is 0.251 e. The van der Waals surface area contributed by atoms with Crippen molar-refractivity contribution in [3.63, 3.8) is 0 Å². The van der Waals surface area contributed by atoms with Crippen LogP contribution in [0.25, 0.3) is 0 Å². The number of anilines is 5. The predicted octanol–water partition coefficient (Wildman–Crippen LogP) is 10.8. The first-order chi connectivity index (χ1) is 25.7. The van der Waals surface area contributed by atoms with Gasteiger partial charge in [-0.3, -0.25) is 0 Å². The summed E-state index contributed by atoms with van der Waals surface area (Å²) in [6.07, 6.45) is 10.9. The van der Waals surface area contributed by atoms with Crippen LogP contribution in [0.3, 0.4) is 0 Å². The van der Waals surface area contributed by atoms with E-state index in [1.807, 2.05) is 0 Å². The van der Waals surface area contributed by atoms with Crippen molar-refractivity contribution in [2.24, 2.45) is 11.8 Å². The predicted molar refractivity (Wildman–Crippen MR) is 227 cm³/mol. The number of fused-ring (bicyclic) bond motifs is 4. The average Bonchev–Trinajstić information content (AvgIpc) is 3.15. The second-order valence-electron chi connectivity index (χ2n) is 15.9. The van der Waals surface area contributed by atoms with E-state index < -0.39 is 0 Å². The van der Waals surface area contributed by atoms with Crippen molar-refractivity contribution in [1.29, 1.82) is 0 Å². The van der Waals surface area contributed by atoms with Crippen LogP contribution in [0, 0.1) is 46.5 Å². The Morgan fingerprint density at radius 1 is 0.604 bits per heavy atom. The topological polar surface area (TPSA) is 9.72 Å². The molecule has 3 unspecified atom stereocenters. The molecule has 0 saturated carbocycles. The fourth-order valence-corrected chi connectivity index (χ4v) is 9.04. The van der Waals surface area contributed by atoms with Crippen LogP contribution in [0.5, 0.6) is 0 Å². The molecule has 0 fully saturated rings. The van der Waals surface area contributed by atoms with E-state index in [0.717, 1.165) is 6.42 Å². The standard InChI is InChI=1S/C49H48BN3/c1-31-8-18-38(19-9-31)51(39-20-10-32(2)11-21-39)46-30-47-48-49(37(46)7)53(41-24-14-34(4)15-25-41)45-27-17-36(6)29-43(45)50(48)42-28-35(5)16-26-44(42)52(47)40-22-12-33(3)13-23-40/h8-14,16-30,34,37,46H,15H2,1-7H3. The van der Waals surface area contributed by atoms with Crippen LogP contribution >= 0.6 is 0 Å². The molecule has 4 heteroatoms. The molecule has 2 aliphatic heterocycles. The monoisotopic (exact) mass is 689 g/mol. The van der Waals surface area contributed by atoms with Crippen molar-refractivity contribution >= 4 is 46.1 Å². The van der Waals surface area contributed by atoms with Gasteiger partial charge in [0.05, 0.1) is 6.04 Å². The zero-order chi connectivity index (χ0) is 36.5. The Balaban J connectivity index is 1.38. The molecule has 0 spiro atoms. The van der Waals surface area contributed by atoms with Gasteiger partial charge in [0.15, 0.2) is 0 Å². The Morgan fingerprint density at radius 2 is 1.11 bits per heavy atom. The van der Waals surface area contributed by atoms with Crippen molar-refractivity contribution in [2.45, 2.75) is 60.9 Å². The van der Waals surface area contributed by atoms with Crippen LogP contribution in [0.1, 0.15) is 48.1 Å². The summed E-state index contributed by atoms with van der Waals surface area (Å²) in [4.78, 5) is 7.79. The molecular weight excluding hydrogens is 641 g/mol. The molecule has 4 aliphatic rings. The van der Waals surface area contributed by atoms with Crippen LogP contribution in [0.2, 0.25) is 0 Å². The van der Waals surface area contributed by atoms with Crippen LogP contribution in [-0.4, -0.2) is 12.8 Å². The number of hydrogen-bond acceptors (Lipinski definition) is 3. The summed E-state index contributed by atoms with van der Waals surface area (Å²) < 4.78 is 0. The number of aryl methyl sites for hydroxylation is 5. The Kier molecular flexibility index (Phi) is 8.11. The lowest BCUT2D eigenvalue weighted by Gasteiger charge is -2.52. The quantitative estimate of drug-likeness (QED) is 0.170. The summed E-state index contributed by atoms with van der Waals surface area (Å²) in [6.45, 7) is 15.9. The summed E-state index contributed by atoms with van der Waals surface area (Å²) in [7, 11) is 0. The molecule has 262 valence electrons. The molecule has 0 aromatic heterocycles. The SMILES string of the molecule is Cc1ccc(N2C3=CC(N(c4ccc(C)cc4)c4ccc(C)cc4)C(C)C4=C3B(c3cc(C)ccc3N4C3=CCC(C)C=C3)c3cc(C)ccc32)cc1. The number of nitrogens with zero attached hydrogens (tertiary/aromatic N) is 3. The minimum absolute atomic E-state index is 0.0244. The maximum absolute atomic E-state index is 2.64. The van der Waals surface area contributed by atoms with Crippen molar-refractivity contribution in [3.8, 4) is 0 Å². The molecule has 53 heavy (non-hydrogen) atoms. The van der Waals surface area contributed by atoms with Gasteiger partial charge < -0.3 is 14.7 Å². The lowest BCUT2D eigenvalue weighted by molar-refractivity contribution is 0.556. The molecule has 0 radical (unpaired) electrons. The smallest absolute Gasteiger partial charge is 0.251 e. The zero-order valence-electron chi connectivity index (χ0n) is 32.1. The zero-order valence-corrected chi connectivity index (χ0v) is 32.1. The normalized spacial score (nSPS) is 20.1. The number of benzene rings is 5. The van der Waals surface area contributed by atoms with Crippen LogP contribution < -0.4 is 25.6 Å². The third kappa shape index (κ3) is 5.58. The second-order valence-corrected chi connectivity index (χ2v) is 15.9. The van der Waals surface area contributed by atoms with E-state index in [0.29, 0.717) is 5.92 Å². The minimum Gasteiger partial charge on any atom is -0.334 e. The summed E-state index contributed by atoms with van der Waals surface area (Å²) >= 11 is 0. The molecule has 0 saturated heterocycles. The average molecular weight is 690 g/mol. The molecule has 3 atom stereocenters. The summed E-state index contributed by atoms with van der Waals surface area (Å²) in [5, 5.41) is 0. The fourth-order valence-electron chi connectivity index (χ4n) is 9.04. The molecule has 0 N–H and O–H groups in total. The second kappa shape index (κ2) is 12.9. The summed E-state index contributed by atoms with van der Waals surface area (Å²) in [5.41, 5.74) is 20.7. The van der Waals surface area contributed by atoms with Gasteiger partial charge in [0.25, 0.3) is 6.71 Å². The molecular formula is C49H48BN3.